The second kappa shape index (κ2) is 7.87. The summed E-state index contributed by atoms with van der Waals surface area (Å²) in [6, 6.07) is 22.2. The van der Waals surface area contributed by atoms with E-state index in [0.717, 1.165) is 16.8 Å². The van der Waals surface area contributed by atoms with Gasteiger partial charge in [-0.15, -0.1) is 0 Å². The Bertz CT molecular complexity index is 1180. The molecular formula is C25H22N2O3. The molecule has 0 saturated heterocycles. The fraction of sp³-hybridized carbons (Fsp3) is 0.120. The lowest BCUT2D eigenvalue weighted by Crippen LogP contribution is -2.32. The number of aryl methyl sites for hydroxylation is 2. The summed E-state index contributed by atoms with van der Waals surface area (Å²) in [4.78, 5) is 28.2. The van der Waals surface area contributed by atoms with Crippen LogP contribution in [-0.2, 0) is 9.59 Å². The van der Waals surface area contributed by atoms with Gasteiger partial charge in [-0.1, -0.05) is 42.5 Å². The summed E-state index contributed by atoms with van der Waals surface area (Å²) in [5.41, 5.74) is 4.39. The molecule has 5 heteroatoms. The first-order chi connectivity index (χ1) is 14.5. The topological polar surface area (TPSA) is 58.6 Å². The van der Waals surface area contributed by atoms with Crippen molar-refractivity contribution in [1.82, 2.24) is 0 Å². The van der Waals surface area contributed by atoms with Crippen LogP contribution >= 0.6 is 0 Å². The standard InChI is InChI=1S/C25H22N2O3/c1-16-8-6-10-18(14-16)26-23-22(20-12-4-5-13-21(20)30-3)24(28)27(25(23)29)19-11-7-9-17(2)15-19/h4-15,26H,1-3H3. The lowest BCUT2D eigenvalue weighted by molar-refractivity contribution is -0.120. The lowest BCUT2D eigenvalue weighted by atomic mass is 10.0. The largest absolute Gasteiger partial charge is 0.496 e. The number of ether oxygens (including phenoxy) is 1. The van der Waals surface area contributed by atoms with Crippen molar-refractivity contribution in [2.75, 3.05) is 17.3 Å². The van der Waals surface area contributed by atoms with Gasteiger partial charge in [0.05, 0.1) is 18.4 Å². The van der Waals surface area contributed by atoms with E-state index >= 15 is 0 Å². The van der Waals surface area contributed by atoms with Crippen molar-refractivity contribution in [3.63, 3.8) is 0 Å². The highest BCUT2D eigenvalue weighted by Gasteiger charge is 2.41. The van der Waals surface area contributed by atoms with E-state index in [1.807, 2.05) is 68.4 Å². The number of nitrogens with zero attached hydrogens (tertiary/aromatic N) is 1. The van der Waals surface area contributed by atoms with Crippen molar-refractivity contribution in [2.45, 2.75) is 13.8 Å². The lowest BCUT2D eigenvalue weighted by Gasteiger charge is -2.16. The van der Waals surface area contributed by atoms with Crippen LogP contribution in [0.15, 0.2) is 78.5 Å². The summed E-state index contributed by atoms with van der Waals surface area (Å²) in [7, 11) is 1.55. The summed E-state index contributed by atoms with van der Waals surface area (Å²) in [6.45, 7) is 3.90. The van der Waals surface area contributed by atoms with E-state index in [1.54, 1.807) is 25.3 Å². The molecule has 0 unspecified atom stereocenters. The normalized spacial score (nSPS) is 13.8. The third-order valence-corrected chi connectivity index (χ3v) is 5.01. The van der Waals surface area contributed by atoms with Gasteiger partial charge in [-0.3, -0.25) is 9.59 Å². The first-order valence-corrected chi connectivity index (χ1v) is 9.66. The molecule has 3 aromatic carbocycles. The molecule has 0 bridgehead atoms. The van der Waals surface area contributed by atoms with Gasteiger partial charge in [0.25, 0.3) is 11.8 Å². The average molecular weight is 398 g/mol. The van der Waals surface area contributed by atoms with Crippen LogP contribution in [0.5, 0.6) is 5.75 Å². The number of hydrogen-bond donors (Lipinski definition) is 1. The third kappa shape index (κ3) is 3.46. The first-order valence-electron chi connectivity index (χ1n) is 9.66. The van der Waals surface area contributed by atoms with Crippen LogP contribution in [0.4, 0.5) is 11.4 Å². The summed E-state index contributed by atoms with van der Waals surface area (Å²) in [5.74, 6) is -0.249. The molecule has 1 aliphatic rings. The molecule has 4 rings (SSSR count). The first kappa shape index (κ1) is 19.5. The van der Waals surface area contributed by atoms with Crippen LogP contribution in [0.3, 0.4) is 0 Å². The maximum Gasteiger partial charge on any atom is 0.282 e. The van der Waals surface area contributed by atoms with Crippen molar-refractivity contribution in [1.29, 1.82) is 0 Å². The molecule has 1 N–H and O–H groups in total. The highest BCUT2D eigenvalue weighted by atomic mass is 16.5. The molecule has 3 aromatic rings. The second-order valence-corrected chi connectivity index (χ2v) is 7.23. The minimum absolute atomic E-state index is 0.233. The van der Waals surface area contributed by atoms with Gasteiger partial charge in [0.1, 0.15) is 11.4 Å². The molecule has 1 heterocycles. The monoisotopic (exact) mass is 398 g/mol. The number of anilines is 2. The van der Waals surface area contributed by atoms with Gasteiger partial charge in [0.2, 0.25) is 0 Å². The fourth-order valence-electron chi connectivity index (χ4n) is 3.62. The Balaban J connectivity index is 1.87. The average Bonchev–Trinajstić information content (AvgIpc) is 2.97. The number of carbonyl (C=O) groups is 2. The van der Waals surface area contributed by atoms with Crippen LogP contribution in [0.25, 0.3) is 5.57 Å². The number of hydrogen-bond acceptors (Lipinski definition) is 4. The van der Waals surface area contributed by atoms with Gasteiger partial charge in [-0.25, -0.2) is 4.90 Å². The molecule has 0 atom stereocenters. The number of methoxy groups -OCH3 is 1. The van der Waals surface area contributed by atoms with Crippen LogP contribution in [0.2, 0.25) is 0 Å². The number of nitrogens with one attached hydrogen (secondary N) is 1. The summed E-state index contributed by atoms with van der Waals surface area (Å²) in [6.07, 6.45) is 0. The number of para-hydroxylation sites is 1. The third-order valence-electron chi connectivity index (χ3n) is 5.01. The number of carbonyl (C=O) groups excluding carboxylic acids is 2. The molecule has 0 radical (unpaired) electrons. The molecule has 0 fully saturated rings. The van der Waals surface area contributed by atoms with Gasteiger partial charge < -0.3 is 10.1 Å². The minimum Gasteiger partial charge on any atom is -0.496 e. The van der Waals surface area contributed by atoms with Crippen molar-refractivity contribution in [2.24, 2.45) is 0 Å². The van der Waals surface area contributed by atoms with E-state index in [0.29, 0.717) is 22.6 Å². The highest BCUT2D eigenvalue weighted by Crippen LogP contribution is 2.37. The molecule has 0 saturated carbocycles. The predicted octanol–water partition coefficient (Wildman–Crippen LogP) is 4.71. The Morgan fingerprint density at radius 2 is 1.50 bits per heavy atom. The highest BCUT2D eigenvalue weighted by molar-refractivity contribution is 6.46. The molecular weight excluding hydrogens is 376 g/mol. The van der Waals surface area contributed by atoms with Crippen LogP contribution in [-0.4, -0.2) is 18.9 Å². The number of benzene rings is 3. The molecule has 5 nitrogen and oxygen atoms in total. The number of rotatable bonds is 5. The second-order valence-electron chi connectivity index (χ2n) is 7.23. The quantitative estimate of drug-likeness (QED) is 0.633. The zero-order valence-electron chi connectivity index (χ0n) is 17.1. The zero-order chi connectivity index (χ0) is 21.3. The minimum atomic E-state index is -0.395. The Hall–Kier alpha value is -3.86. The van der Waals surface area contributed by atoms with E-state index < -0.39 is 5.91 Å². The fourth-order valence-corrected chi connectivity index (χ4v) is 3.62. The molecule has 2 amide bonds. The van der Waals surface area contributed by atoms with Gasteiger partial charge in [0, 0.05) is 11.3 Å². The maximum absolute atomic E-state index is 13.5. The van der Waals surface area contributed by atoms with E-state index in [1.165, 1.54) is 4.90 Å². The van der Waals surface area contributed by atoms with Gasteiger partial charge in [0.15, 0.2) is 0 Å². The smallest absolute Gasteiger partial charge is 0.282 e. The number of amides is 2. The predicted molar refractivity (Wildman–Crippen MR) is 118 cm³/mol. The van der Waals surface area contributed by atoms with Crippen LogP contribution in [0.1, 0.15) is 16.7 Å². The van der Waals surface area contributed by atoms with Gasteiger partial charge in [-0.2, -0.15) is 0 Å². The van der Waals surface area contributed by atoms with E-state index in [2.05, 4.69) is 5.32 Å². The summed E-state index contributed by atoms with van der Waals surface area (Å²) < 4.78 is 5.48. The molecule has 1 aliphatic heterocycles. The Morgan fingerprint density at radius 1 is 0.800 bits per heavy atom. The molecule has 0 aliphatic carbocycles. The summed E-state index contributed by atoms with van der Waals surface area (Å²) in [5, 5.41) is 3.19. The summed E-state index contributed by atoms with van der Waals surface area (Å²) >= 11 is 0. The van der Waals surface area contributed by atoms with Crippen molar-refractivity contribution >= 4 is 28.8 Å². The Morgan fingerprint density at radius 3 is 2.20 bits per heavy atom. The molecule has 150 valence electrons. The Labute approximate surface area is 175 Å². The van der Waals surface area contributed by atoms with Gasteiger partial charge >= 0.3 is 0 Å². The maximum atomic E-state index is 13.5. The van der Waals surface area contributed by atoms with Crippen molar-refractivity contribution < 1.29 is 14.3 Å². The molecule has 0 aromatic heterocycles. The van der Waals surface area contributed by atoms with Crippen molar-refractivity contribution in [3.8, 4) is 5.75 Å². The van der Waals surface area contributed by atoms with E-state index in [-0.39, 0.29) is 11.6 Å². The van der Waals surface area contributed by atoms with E-state index in [9.17, 15) is 9.59 Å². The van der Waals surface area contributed by atoms with Crippen molar-refractivity contribution in [3.05, 3.63) is 95.2 Å². The van der Waals surface area contributed by atoms with Crippen LogP contribution < -0.4 is 15.0 Å². The molecule has 30 heavy (non-hydrogen) atoms. The van der Waals surface area contributed by atoms with Crippen LogP contribution in [0, 0.1) is 13.8 Å². The Kier molecular flexibility index (Phi) is 5.11. The zero-order valence-corrected chi connectivity index (χ0v) is 17.1. The molecule has 0 spiro atoms. The number of imide groups is 1. The van der Waals surface area contributed by atoms with E-state index in [4.69, 9.17) is 4.74 Å². The van der Waals surface area contributed by atoms with Gasteiger partial charge in [-0.05, 0) is 55.3 Å². The SMILES string of the molecule is COc1ccccc1C1=C(Nc2cccc(C)c2)C(=O)N(c2cccc(C)c2)C1=O.